The van der Waals surface area contributed by atoms with Crippen LogP contribution in [0, 0.1) is 0 Å². The Morgan fingerprint density at radius 3 is 1.34 bits per heavy atom. The van der Waals surface area contributed by atoms with Crippen molar-refractivity contribution in [3.05, 3.63) is 329 Å². The van der Waals surface area contributed by atoms with Crippen LogP contribution in [0.15, 0.2) is 273 Å². The second-order valence-electron chi connectivity index (χ2n) is 21.8. The van der Waals surface area contributed by atoms with Crippen LogP contribution in [0.2, 0.25) is 0 Å². The van der Waals surface area contributed by atoms with E-state index in [1.807, 2.05) is 0 Å². The highest BCUT2D eigenvalue weighted by Crippen LogP contribution is 2.65. The van der Waals surface area contributed by atoms with Crippen molar-refractivity contribution >= 4 is 27.8 Å². The lowest BCUT2D eigenvalue weighted by molar-refractivity contribution is 0.666. The molecule has 1 nitrogen and oxygen atoms in total. The van der Waals surface area contributed by atoms with Crippen LogP contribution in [-0.2, 0) is 16.2 Å². The first kappa shape index (κ1) is 43.1. The van der Waals surface area contributed by atoms with Crippen LogP contribution in [0.1, 0.15) is 69.5 Å². The van der Waals surface area contributed by atoms with Gasteiger partial charge in [-0.25, -0.2) is 0 Å². The summed E-state index contributed by atoms with van der Waals surface area (Å²) in [6.07, 6.45) is 0. The van der Waals surface area contributed by atoms with Gasteiger partial charge in [-0.15, -0.1) is 0 Å². The normalized spacial score (nSPS) is 14.8. The maximum atomic E-state index is 2.61. The molecule has 0 fully saturated rings. The zero-order valence-electron chi connectivity index (χ0n) is 42.4. The minimum Gasteiger partial charge on any atom is -0.309 e. The Morgan fingerprint density at radius 2 is 0.724 bits per heavy atom. The van der Waals surface area contributed by atoms with Gasteiger partial charge in [0.2, 0.25) is 0 Å². The standard InChI is InChI=1S/C75H51N/c1-73(2)60-35-16-13-31-57(60)71-68(47-49-23-9-10-28-54(49)72(71)73)76(67-42-22-41-66-70(67)59-33-15-19-38-63(59)74(66,50-24-5-3-6-25-50)51-26-7-4-8-27-51)52-45-43-48(44-46-52)53-34-21-40-65-69(53)58-32-14-20-39-64(58)75(65)61-36-17-11-29-55(61)56-30-12-18-37-62(56)75/h3-47H,1-2H3. The highest BCUT2D eigenvalue weighted by atomic mass is 15.1. The summed E-state index contributed by atoms with van der Waals surface area (Å²) in [6.45, 7) is 4.84. The second-order valence-corrected chi connectivity index (χ2v) is 21.8. The number of anilines is 3. The molecule has 0 saturated heterocycles. The lowest BCUT2D eigenvalue weighted by atomic mass is 9.68. The van der Waals surface area contributed by atoms with Crippen molar-refractivity contribution in [2.45, 2.75) is 30.1 Å². The fourth-order valence-electron chi connectivity index (χ4n) is 15.1. The van der Waals surface area contributed by atoms with Gasteiger partial charge in [0.1, 0.15) is 0 Å². The van der Waals surface area contributed by atoms with Crippen LogP contribution in [-0.4, -0.2) is 0 Å². The fourth-order valence-corrected chi connectivity index (χ4v) is 15.1. The van der Waals surface area contributed by atoms with E-state index < -0.39 is 10.8 Å². The van der Waals surface area contributed by atoms with E-state index in [-0.39, 0.29) is 5.41 Å². The average molecular weight is 966 g/mol. The third-order valence-corrected chi connectivity index (χ3v) is 17.9. The van der Waals surface area contributed by atoms with E-state index in [0.717, 1.165) is 11.4 Å². The highest BCUT2D eigenvalue weighted by molar-refractivity contribution is 6.08. The second kappa shape index (κ2) is 15.9. The first-order chi connectivity index (χ1) is 37.5. The Morgan fingerprint density at radius 1 is 0.289 bits per heavy atom. The van der Waals surface area contributed by atoms with Gasteiger partial charge in [-0.1, -0.05) is 263 Å². The van der Waals surface area contributed by atoms with E-state index in [1.54, 1.807) is 0 Å². The van der Waals surface area contributed by atoms with Crippen molar-refractivity contribution < 1.29 is 0 Å². The van der Waals surface area contributed by atoms with Gasteiger partial charge in [-0.05, 0) is 135 Å². The Hall–Kier alpha value is -9.30. The van der Waals surface area contributed by atoms with E-state index in [1.165, 1.54) is 128 Å². The van der Waals surface area contributed by atoms with Crippen LogP contribution >= 0.6 is 0 Å². The molecule has 0 aliphatic heterocycles. The summed E-state index contributed by atoms with van der Waals surface area (Å²) < 4.78 is 0. The monoisotopic (exact) mass is 965 g/mol. The van der Waals surface area contributed by atoms with Gasteiger partial charge < -0.3 is 4.90 Å². The summed E-state index contributed by atoms with van der Waals surface area (Å²) in [5.41, 5.74) is 28.3. The number of fused-ring (bicyclic) bond motifs is 18. The van der Waals surface area contributed by atoms with Gasteiger partial charge in [0.25, 0.3) is 0 Å². The Balaban J connectivity index is 0.964. The summed E-state index contributed by atoms with van der Waals surface area (Å²) in [6, 6.07) is 103. The number of hydrogen-bond acceptors (Lipinski definition) is 1. The van der Waals surface area contributed by atoms with Crippen molar-refractivity contribution in [1.29, 1.82) is 0 Å². The zero-order valence-corrected chi connectivity index (χ0v) is 42.4. The van der Waals surface area contributed by atoms with Gasteiger partial charge in [-0.2, -0.15) is 0 Å². The molecule has 0 unspecified atom stereocenters. The first-order valence-electron chi connectivity index (χ1n) is 26.8. The molecule has 76 heavy (non-hydrogen) atoms. The lowest BCUT2D eigenvalue weighted by Crippen LogP contribution is -2.28. The number of hydrogen-bond donors (Lipinski definition) is 0. The fraction of sp³-hybridized carbons (Fsp3) is 0.0667. The minimum atomic E-state index is -0.554. The van der Waals surface area contributed by atoms with E-state index in [2.05, 4.69) is 292 Å². The Labute approximate surface area is 444 Å². The molecule has 0 bridgehead atoms. The van der Waals surface area contributed by atoms with Crippen molar-refractivity contribution in [1.82, 2.24) is 0 Å². The molecule has 0 N–H and O–H groups in total. The van der Waals surface area contributed by atoms with Gasteiger partial charge in [-0.3, -0.25) is 0 Å². The van der Waals surface area contributed by atoms with Gasteiger partial charge in [0, 0.05) is 22.2 Å². The molecule has 0 aromatic heterocycles. The molecule has 1 heteroatoms. The van der Waals surface area contributed by atoms with Crippen LogP contribution in [0.4, 0.5) is 17.1 Å². The molecule has 0 amide bonds. The molecule has 16 rings (SSSR count). The van der Waals surface area contributed by atoms with Crippen LogP contribution in [0.3, 0.4) is 0 Å². The first-order valence-corrected chi connectivity index (χ1v) is 26.8. The number of rotatable bonds is 6. The molecular weight excluding hydrogens is 915 g/mol. The SMILES string of the molecule is CC1(C)c2ccccc2-c2c(N(c3ccc(-c4cccc5c4-c4ccccc4C54c5ccccc5-c5ccccc54)cc3)c3cccc4c3-c3ccccc3C4(c3ccccc3)c3ccccc3)cc3ccccc3c21. The maximum absolute atomic E-state index is 2.61. The predicted octanol–water partition coefficient (Wildman–Crippen LogP) is 19.0. The molecular formula is C75H51N. The maximum Gasteiger partial charge on any atom is 0.0725 e. The summed E-state index contributed by atoms with van der Waals surface area (Å²) in [4.78, 5) is 2.61. The van der Waals surface area contributed by atoms with Gasteiger partial charge >= 0.3 is 0 Å². The molecule has 12 aromatic rings. The zero-order chi connectivity index (χ0) is 50.3. The van der Waals surface area contributed by atoms with Gasteiger partial charge in [0.15, 0.2) is 0 Å². The average Bonchev–Trinajstić information content (AvgIpc) is 4.36. The van der Waals surface area contributed by atoms with Crippen LogP contribution in [0.5, 0.6) is 0 Å². The quantitative estimate of drug-likeness (QED) is 0.161. The molecule has 12 aromatic carbocycles. The summed E-state index contributed by atoms with van der Waals surface area (Å²) in [5, 5.41) is 2.54. The van der Waals surface area contributed by atoms with Gasteiger partial charge in [0.05, 0.1) is 22.2 Å². The van der Waals surface area contributed by atoms with E-state index >= 15 is 0 Å². The smallest absolute Gasteiger partial charge is 0.0725 e. The topological polar surface area (TPSA) is 3.24 Å². The third kappa shape index (κ3) is 5.49. The molecule has 0 radical (unpaired) electrons. The Bertz CT molecular complexity index is 4280. The number of benzene rings is 12. The van der Waals surface area contributed by atoms with Crippen molar-refractivity contribution in [2.24, 2.45) is 0 Å². The van der Waals surface area contributed by atoms with E-state index in [0.29, 0.717) is 0 Å². The molecule has 0 atom stereocenters. The summed E-state index contributed by atoms with van der Waals surface area (Å²) in [7, 11) is 0. The number of nitrogens with zero attached hydrogens (tertiary/aromatic N) is 1. The largest absolute Gasteiger partial charge is 0.309 e. The third-order valence-electron chi connectivity index (χ3n) is 17.9. The predicted molar refractivity (Wildman–Crippen MR) is 315 cm³/mol. The van der Waals surface area contributed by atoms with Crippen molar-refractivity contribution in [2.75, 3.05) is 4.90 Å². The summed E-state index contributed by atoms with van der Waals surface area (Å²) in [5.74, 6) is 0. The molecule has 4 aliphatic carbocycles. The molecule has 4 aliphatic rings. The van der Waals surface area contributed by atoms with Crippen molar-refractivity contribution in [3.8, 4) is 55.6 Å². The molecule has 0 saturated carbocycles. The lowest BCUT2D eigenvalue weighted by Gasteiger charge is -2.35. The minimum absolute atomic E-state index is 0.236. The highest BCUT2D eigenvalue weighted by Gasteiger charge is 2.52. The van der Waals surface area contributed by atoms with E-state index in [9.17, 15) is 0 Å². The van der Waals surface area contributed by atoms with Crippen LogP contribution in [0.25, 0.3) is 66.4 Å². The van der Waals surface area contributed by atoms with Crippen molar-refractivity contribution in [3.63, 3.8) is 0 Å². The molecule has 0 heterocycles. The van der Waals surface area contributed by atoms with E-state index in [4.69, 9.17) is 0 Å². The Kier molecular flexibility index (Phi) is 9.00. The summed E-state index contributed by atoms with van der Waals surface area (Å²) >= 11 is 0. The van der Waals surface area contributed by atoms with Crippen LogP contribution < -0.4 is 4.90 Å². The molecule has 356 valence electrons. The molecule has 1 spiro atoms.